The lowest BCUT2D eigenvalue weighted by molar-refractivity contribution is -0.180. The van der Waals surface area contributed by atoms with Crippen LogP contribution in [0.1, 0.15) is 80.1 Å². The van der Waals surface area contributed by atoms with Crippen LogP contribution in [0.5, 0.6) is 0 Å². The Morgan fingerprint density at radius 2 is 1.54 bits per heavy atom. The first-order chi connectivity index (χ1) is 10.9. The zero-order chi connectivity index (χ0) is 18.0. The first kappa shape index (κ1) is 17.8. The fourth-order valence-electron chi connectivity index (χ4n) is 4.97. The molecule has 4 atom stereocenters. The Bertz CT molecular complexity index is 564. The fraction of sp³-hybridized carbons (Fsp3) is 0.900. The summed E-state index contributed by atoms with van der Waals surface area (Å²) in [5.74, 6) is 1.09. The number of hydrogen-bond acceptors (Lipinski definition) is 4. The summed E-state index contributed by atoms with van der Waals surface area (Å²) in [6.07, 6.45) is 6.21. The Morgan fingerprint density at radius 3 is 2.00 bits per heavy atom. The molecule has 0 N–H and O–H groups in total. The van der Waals surface area contributed by atoms with Crippen LogP contribution in [0.25, 0.3) is 0 Å². The Balaban J connectivity index is 0.000000141. The minimum Gasteiger partial charge on any atom is -0.459 e. The van der Waals surface area contributed by atoms with Crippen LogP contribution in [0.2, 0.25) is 0 Å². The number of hydrogen-bond donors (Lipinski definition) is 0. The normalized spacial score (nSPS) is 44.9. The van der Waals surface area contributed by atoms with Crippen LogP contribution in [0, 0.1) is 22.7 Å². The largest absolute Gasteiger partial charge is 0.459 e. The van der Waals surface area contributed by atoms with Gasteiger partial charge >= 0.3 is 11.9 Å². The molecule has 0 aromatic carbocycles. The second kappa shape index (κ2) is 5.22. The van der Waals surface area contributed by atoms with Crippen molar-refractivity contribution in [3.8, 4) is 0 Å². The molecule has 4 bridgehead atoms. The zero-order valence-corrected chi connectivity index (χ0v) is 16.0. The zero-order valence-electron chi connectivity index (χ0n) is 16.0. The van der Waals surface area contributed by atoms with Gasteiger partial charge in [-0.15, -0.1) is 0 Å². The van der Waals surface area contributed by atoms with Gasteiger partial charge in [0.2, 0.25) is 0 Å². The second-order valence-corrected chi connectivity index (χ2v) is 9.84. The summed E-state index contributed by atoms with van der Waals surface area (Å²) < 4.78 is 10.9. The van der Waals surface area contributed by atoms with E-state index in [1.807, 2.05) is 27.7 Å². The molecule has 4 unspecified atom stereocenters. The summed E-state index contributed by atoms with van der Waals surface area (Å²) in [5, 5.41) is 0. The van der Waals surface area contributed by atoms with Crippen LogP contribution < -0.4 is 0 Å². The number of ether oxygens (including phenoxy) is 2. The van der Waals surface area contributed by atoms with Crippen molar-refractivity contribution in [3.63, 3.8) is 0 Å². The molecule has 4 heteroatoms. The van der Waals surface area contributed by atoms with Gasteiger partial charge < -0.3 is 9.47 Å². The topological polar surface area (TPSA) is 52.6 Å². The molecule has 0 aromatic rings. The van der Waals surface area contributed by atoms with Crippen LogP contribution in [-0.2, 0) is 19.1 Å². The summed E-state index contributed by atoms with van der Waals surface area (Å²) in [7, 11) is 0. The van der Waals surface area contributed by atoms with Crippen LogP contribution in [0.4, 0.5) is 0 Å². The van der Waals surface area contributed by atoms with Gasteiger partial charge in [0.1, 0.15) is 11.2 Å². The molecule has 0 radical (unpaired) electrons. The molecule has 2 aliphatic heterocycles. The Labute approximate surface area is 145 Å². The molecule has 24 heavy (non-hydrogen) atoms. The van der Waals surface area contributed by atoms with Crippen molar-refractivity contribution in [1.82, 2.24) is 0 Å². The second-order valence-electron chi connectivity index (χ2n) is 9.84. The monoisotopic (exact) mass is 336 g/mol. The van der Waals surface area contributed by atoms with E-state index in [9.17, 15) is 9.59 Å². The number of carbonyl (C=O) groups is 2. The highest BCUT2D eigenvalue weighted by molar-refractivity contribution is 5.80. The average Bonchev–Trinajstić information content (AvgIpc) is 3.08. The lowest BCUT2D eigenvalue weighted by atomic mass is 9.80. The Hall–Kier alpha value is -1.06. The van der Waals surface area contributed by atoms with Gasteiger partial charge in [-0.1, -0.05) is 13.8 Å². The molecular formula is C20H32O4. The summed E-state index contributed by atoms with van der Waals surface area (Å²) in [6.45, 7) is 12.4. The van der Waals surface area contributed by atoms with E-state index < -0.39 is 0 Å². The van der Waals surface area contributed by atoms with E-state index in [1.54, 1.807) is 0 Å². The van der Waals surface area contributed by atoms with Gasteiger partial charge in [0.25, 0.3) is 0 Å². The van der Waals surface area contributed by atoms with Gasteiger partial charge in [0, 0.05) is 6.42 Å². The van der Waals surface area contributed by atoms with Crippen LogP contribution in [0.3, 0.4) is 0 Å². The fourth-order valence-corrected chi connectivity index (χ4v) is 4.97. The van der Waals surface area contributed by atoms with Crippen molar-refractivity contribution in [2.75, 3.05) is 0 Å². The van der Waals surface area contributed by atoms with Crippen molar-refractivity contribution in [2.45, 2.75) is 91.3 Å². The number of rotatable bonds is 1. The van der Waals surface area contributed by atoms with Crippen LogP contribution in [0.15, 0.2) is 0 Å². The summed E-state index contributed by atoms with van der Waals surface area (Å²) >= 11 is 0. The molecule has 4 rings (SSSR count). The maximum absolute atomic E-state index is 11.6. The third-order valence-corrected chi connectivity index (χ3v) is 7.20. The van der Waals surface area contributed by atoms with Crippen LogP contribution in [-0.4, -0.2) is 23.1 Å². The van der Waals surface area contributed by atoms with Gasteiger partial charge in [0.15, 0.2) is 0 Å². The average molecular weight is 336 g/mol. The quantitative estimate of drug-likeness (QED) is 0.672. The predicted molar refractivity (Wildman–Crippen MR) is 91.2 cm³/mol. The maximum Gasteiger partial charge on any atom is 0.312 e. The third-order valence-electron chi connectivity index (χ3n) is 7.20. The maximum atomic E-state index is 11.6. The molecule has 2 heterocycles. The predicted octanol–water partition coefficient (Wildman–Crippen LogP) is 4.26. The SMILES string of the molecule is CC(C)C12CCC(C)(C1)C(=O)O2.CC12CCC(C1)C(C)(C)OC2=O. The van der Waals surface area contributed by atoms with Gasteiger partial charge in [-0.25, -0.2) is 0 Å². The molecular weight excluding hydrogens is 304 g/mol. The molecule has 0 amide bonds. The number of cyclic esters (lactones) is 1. The van der Waals surface area contributed by atoms with E-state index in [0.717, 1.165) is 38.5 Å². The molecule has 4 fully saturated rings. The highest BCUT2D eigenvalue weighted by atomic mass is 16.6. The van der Waals surface area contributed by atoms with E-state index in [2.05, 4.69) is 13.8 Å². The van der Waals surface area contributed by atoms with Crippen molar-refractivity contribution in [3.05, 3.63) is 0 Å². The minimum absolute atomic E-state index is 0.0150. The van der Waals surface area contributed by atoms with Crippen molar-refractivity contribution in [2.24, 2.45) is 22.7 Å². The lowest BCUT2D eigenvalue weighted by Gasteiger charge is -2.39. The molecule has 136 valence electrons. The Morgan fingerprint density at radius 1 is 0.917 bits per heavy atom. The Kier molecular flexibility index (Phi) is 3.86. The highest BCUT2D eigenvalue weighted by Crippen LogP contribution is 2.56. The molecule has 0 aromatic heterocycles. The highest BCUT2D eigenvalue weighted by Gasteiger charge is 2.61. The summed E-state index contributed by atoms with van der Waals surface area (Å²) in [5.41, 5.74) is -0.622. The standard InChI is InChI=1S/2C10H16O2/c1-9(2)7-4-5-10(3,6-7)8(11)12-9;1-7(2)10-5-4-9(3,6-10)8(11)12-10/h2*7H,4-6H2,1-3H3. The van der Waals surface area contributed by atoms with E-state index in [0.29, 0.717) is 11.8 Å². The van der Waals surface area contributed by atoms with Gasteiger partial charge in [0.05, 0.1) is 10.8 Å². The summed E-state index contributed by atoms with van der Waals surface area (Å²) in [6, 6.07) is 0. The smallest absolute Gasteiger partial charge is 0.312 e. The minimum atomic E-state index is -0.215. The van der Waals surface area contributed by atoms with Crippen LogP contribution >= 0.6 is 0 Å². The van der Waals surface area contributed by atoms with E-state index >= 15 is 0 Å². The molecule has 4 nitrogen and oxygen atoms in total. The number of carbonyl (C=O) groups excluding carboxylic acids is 2. The van der Waals surface area contributed by atoms with Gasteiger partial charge in [-0.3, -0.25) is 9.59 Å². The summed E-state index contributed by atoms with van der Waals surface area (Å²) in [4.78, 5) is 23.0. The van der Waals surface area contributed by atoms with E-state index in [-0.39, 0.29) is 34.0 Å². The lowest BCUT2D eigenvalue weighted by Crippen LogP contribution is -2.44. The molecule has 2 saturated heterocycles. The van der Waals surface area contributed by atoms with Gasteiger partial charge in [-0.2, -0.15) is 0 Å². The number of esters is 2. The molecule has 0 spiro atoms. The van der Waals surface area contributed by atoms with Crippen molar-refractivity contribution < 1.29 is 19.1 Å². The third kappa shape index (κ3) is 2.57. The molecule has 4 aliphatic rings. The van der Waals surface area contributed by atoms with E-state index in [4.69, 9.17) is 9.47 Å². The number of fused-ring (bicyclic) bond motifs is 4. The van der Waals surface area contributed by atoms with Gasteiger partial charge in [-0.05, 0) is 71.6 Å². The van der Waals surface area contributed by atoms with E-state index in [1.165, 1.54) is 0 Å². The molecule has 2 aliphatic carbocycles. The van der Waals surface area contributed by atoms with Crippen molar-refractivity contribution >= 4 is 11.9 Å². The van der Waals surface area contributed by atoms with Crippen molar-refractivity contribution in [1.29, 1.82) is 0 Å². The first-order valence-corrected chi connectivity index (χ1v) is 9.39. The first-order valence-electron chi connectivity index (χ1n) is 9.39. The molecule has 2 saturated carbocycles.